The van der Waals surface area contributed by atoms with Crippen LogP contribution in [0.15, 0.2) is 41.3 Å². The third kappa shape index (κ3) is 3.46. The van der Waals surface area contributed by atoms with Crippen molar-refractivity contribution < 1.29 is 22.7 Å². The van der Waals surface area contributed by atoms with Gasteiger partial charge in [0.1, 0.15) is 0 Å². The minimum absolute atomic E-state index is 0.230. The number of halogens is 3. The lowest BCUT2D eigenvalue weighted by molar-refractivity contribution is -0.125. The first kappa shape index (κ1) is 19.1. The van der Waals surface area contributed by atoms with Crippen LogP contribution in [0.5, 0.6) is 0 Å². The second-order valence-corrected chi connectivity index (χ2v) is 6.35. The van der Waals surface area contributed by atoms with E-state index in [9.17, 15) is 22.8 Å². The van der Waals surface area contributed by atoms with Crippen molar-refractivity contribution in [2.75, 3.05) is 5.32 Å². The van der Waals surface area contributed by atoms with Crippen molar-refractivity contribution in [3.05, 3.63) is 58.4 Å². The number of anilines is 1. The van der Waals surface area contributed by atoms with E-state index >= 15 is 0 Å². The van der Waals surface area contributed by atoms with E-state index in [1.54, 1.807) is 25.1 Å². The highest BCUT2D eigenvalue weighted by Gasteiger charge is 2.57. The first-order chi connectivity index (χ1) is 12.8. The molecule has 9 heteroatoms. The van der Waals surface area contributed by atoms with Crippen molar-refractivity contribution in [3.63, 3.8) is 0 Å². The highest BCUT2D eigenvalue weighted by Crippen LogP contribution is 2.47. The van der Waals surface area contributed by atoms with Crippen LogP contribution >= 0.6 is 0 Å². The molecule has 0 bridgehead atoms. The number of amides is 1. The number of alkyl halides is 2. The summed E-state index contributed by atoms with van der Waals surface area (Å²) in [5, 5.41) is 2.17. The van der Waals surface area contributed by atoms with Gasteiger partial charge in [0.2, 0.25) is 6.23 Å². The molecular weight excluding hydrogens is 363 g/mol. The Bertz CT molecular complexity index is 902. The van der Waals surface area contributed by atoms with Crippen LogP contribution in [0.2, 0.25) is 0 Å². The van der Waals surface area contributed by atoms with Gasteiger partial charge in [-0.3, -0.25) is 9.36 Å². The van der Waals surface area contributed by atoms with Gasteiger partial charge in [0.15, 0.2) is 11.6 Å². The van der Waals surface area contributed by atoms with Gasteiger partial charge in [0, 0.05) is 5.56 Å². The van der Waals surface area contributed by atoms with Gasteiger partial charge in [0.05, 0.1) is 18.2 Å². The molecule has 1 amide bonds. The summed E-state index contributed by atoms with van der Waals surface area (Å²) in [7, 11) is 0. The fourth-order valence-electron chi connectivity index (χ4n) is 3.02. The van der Waals surface area contributed by atoms with Gasteiger partial charge in [-0.1, -0.05) is 32.0 Å². The predicted octanol–water partition coefficient (Wildman–Crippen LogP) is 3.21. The van der Waals surface area contributed by atoms with Crippen LogP contribution in [0.1, 0.15) is 36.9 Å². The Labute approximate surface area is 153 Å². The summed E-state index contributed by atoms with van der Waals surface area (Å²) in [5.74, 6) is -6.94. The smallest absolute Gasteiger partial charge is 0.348 e. The number of hydrogen-bond donors (Lipinski definition) is 1. The Morgan fingerprint density at radius 1 is 1.33 bits per heavy atom. The van der Waals surface area contributed by atoms with Crippen molar-refractivity contribution in [1.29, 1.82) is 0 Å². The van der Waals surface area contributed by atoms with Crippen molar-refractivity contribution in [2.24, 2.45) is 5.92 Å². The first-order valence-electron chi connectivity index (χ1n) is 8.44. The van der Waals surface area contributed by atoms with Gasteiger partial charge in [-0.25, -0.2) is 18.0 Å². The molecule has 3 rings (SSSR count). The van der Waals surface area contributed by atoms with E-state index in [1.165, 1.54) is 19.1 Å². The zero-order valence-electron chi connectivity index (χ0n) is 14.7. The summed E-state index contributed by atoms with van der Waals surface area (Å²) in [4.78, 5) is 27.7. The second kappa shape index (κ2) is 7.15. The molecule has 1 aliphatic heterocycles. The van der Waals surface area contributed by atoms with Gasteiger partial charge in [-0.2, -0.15) is 4.98 Å². The van der Waals surface area contributed by atoms with Crippen LogP contribution in [0.3, 0.4) is 0 Å². The third-order valence-electron chi connectivity index (χ3n) is 4.63. The van der Waals surface area contributed by atoms with Crippen molar-refractivity contribution in [3.8, 4) is 0 Å². The topological polar surface area (TPSA) is 73.2 Å². The molecule has 0 radical (unpaired) electrons. The lowest BCUT2D eigenvalue weighted by Gasteiger charge is -2.22. The summed E-state index contributed by atoms with van der Waals surface area (Å²) < 4.78 is 49.0. The molecular formula is C18H18F3N3O3. The average Bonchev–Trinajstić information content (AvgIpc) is 2.88. The van der Waals surface area contributed by atoms with Gasteiger partial charge in [-0.05, 0) is 18.6 Å². The van der Waals surface area contributed by atoms with Crippen molar-refractivity contribution in [2.45, 2.75) is 38.5 Å². The Balaban J connectivity index is 1.90. The normalized spacial score (nSPS) is 24.0. The number of nitrogens with zero attached hydrogens (tertiary/aromatic N) is 2. The maximum Gasteiger partial charge on any atom is 0.352 e. The van der Waals surface area contributed by atoms with Crippen molar-refractivity contribution >= 4 is 11.7 Å². The Hall–Kier alpha value is -2.68. The molecule has 0 aliphatic carbocycles. The number of carbonyl (C=O) groups excluding carboxylic acids is 1. The fourth-order valence-corrected chi connectivity index (χ4v) is 3.02. The number of nitrogens with one attached hydrogen (secondary N) is 1. The molecule has 1 saturated heterocycles. The molecule has 3 atom stereocenters. The van der Waals surface area contributed by atoms with Crippen LogP contribution in [0.25, 0.3) is 0 Å². The summed E-state index contributed by atoms with van der Waals surface area (Å²) in [6, 6.07) is 7.91. The monoisotopic (exact) mass is 381 g/mol. The molecule has 27 heavy (non-hydrogen) atoms. The lowest BCUT2D eigenvalue weighted by Crippen LogP contribution is -2.38. The molecule has 1 aliphatic rings. The molecule has 6 nitrogen and oxygen atoms in total. The minimum atomic E-state index is -3.37. The van der Waals surface area contributed by atoms with Gasteiger partial charge < -0.3 is 10.1 Å². The predicted molar refractivity (Wildman–Crippen MR) is 91.2 cm³/mol. The average molecular weight is 381 g/mol. The van der Waals surface area contributed by atoms with Crippen LogP contribution in [-0.2, 0) is 4.74 Å². The third-order valence-corrected chi connectivity index (χ3v) is 4.63. The number of carbonyl (C=O) groups is 1. The van der Waals surface area contributed by atoms with Gasteiger partial charge in [0.25, 0.3) is 11.8 Å². The lowest BCUT2D eigenvalue weighted by atomic mass is 9.98. The quantitative estimate of drug-likeness (QED) is 0.883. The summed E-state index contributed by atoms with van der Waals surface area (Å²) in [5.41, 5.74) is -0.915. The van der Waals surface area contributed by atoms with Crippen LogP contribution in [0.4, 0.5) is 19.0 Å². The molecule has 1 fully saturated rings. The fraction of sp³-hybridized carbons (Fsp3) is 0.389. The zero-order valence-corrected chi connectivity index (χ0v) is 14.7. The standard InChI is InChI=1S/C18H18F3N3O3/c1-3-13-10(2)18(20,21)16(27-13)24-9-12(19)14(23-17(24)26)22-15(25)11-7-5-4-6-8-11/h4-10,13,16H,3H2,1-2H3,(H,22,23,25,26)/t10-,13-,16-/m1/s1. The van der Waals surface area contributed by atoms with E-state index in [1.807, 2.05) is 0 Å². The number of aromatic nitrogens is 2. The number of ether oxygens (including phenoxy) is 1. The zero-order chi connectivity index (χ0) is 19.8. The summed E-state index contributed by atoms with van der Waals surface area (Å²) >= 11 is 0. The maximum atomic E-state index is 14.5. The van der Waals surface area contributed by atoms with Gasteiger partial charge >= 0.3 is 5.69 Å². The minimum Gasteiger partial charge on any atom is -0.348 e. The van der Waals surface area contributed by atoms with E-state index in [0.29, 0.717) is 17.2 Å². The molecule has 1 N–H and O–H groups in total. The van der Waals surface area contributed by atoms with E-state index in [0.717, 1.165) is 0 Å². The SMILES string of the molecule is CC[C@H]1O[C@@H](n2cc(F)c(NC(=O)c3ccccc3)nc2=O)C(F)(F)[C@@H]1C. The molecule has 0 spiro atoms. The molecule has 2 heterocycles. The summed E-state index contributed by atoms with van der Waals surface area (Å²) in [6.07, 6.45) is -1.81. The number of benzene rings is 1. The van der Waals surface area contributed by atoms with E-state index < -0.39 is 47.4 Å². The molecule has 1 aromatic heterocycles. The Kier molecular flexibility index (Phi) is 5.05. The Morgan fingerprint density at radius 2 is 2.00 bits per heavy atom. The molecule has 144 valence electrons. The van der Waals surface area contributed by atoms with Crippen LogP contribution in [0, 0.1) is 11.7 Å². The van der Waals surface area contributed by atoms with E-state index in [-0.39, 0.29) is 5.56 Å². The number of hydrogen-bond acceptors (Lipinski definition) is 4. The second-order valence-electron chi connectivity index (χ2n) is 6.35. The molecule has 0 saturated carbocycles. The summed E-state index contributed by atoms with van der Waals surface area (Å²) in [6.45, 7) is 3.00. The van der Waals surface area contributed by atoms with E-state index in [4.69, 9.17) is 4.74 Å². The molecule has 2 aromatic rings. The van der Waals surface area contributed by atoms with Crippen LogP contribution in [-0.4, -0.2) is 27.5 Å². The Morgan fingerprint density at radius 3 is 2.59 bits per heavy atom. The highest BCUT2D eigenvalue weighted by atomic mass is 19.3. The van der Waals surface area contributed by atoms with Crippen LogP contribution < -0.4 is 11.0 Å². The van der Waals surface area contributed by atoms with E-state index in [2.05, 4.69) is 10.3 Å². The maximum absolute atomic E-state index is 14.5. The molecule has 1 aromatic carbocycles. The highest BCUT2D eigenvalue weighted by molar-refractivity contribution is 6.03. The first-order valence-corrected chi connectivity index (χ1v) is 8.44. The van der Waals surface area contributed by atoms with Crippen molar-refractivity contribution in [1.82, 2.24) is 9.55 Å². The largest absolute Gasteiger partial charge is 0.352 e. The number of rotatable bonds is 4. The van der Waals surface area contributed by atoms with Gasteiger partial charge in [-0.15, -0.1) is 0 Å². The molecule has 0 unspecified atom stereocenters.